The van der Waals surface area contributed by atoms with Gasteiger partial charge in [-0.05, 0) is 59.0 Å². The molecule has 142 valence electrons. The van der Waals surface area contributed by atoms with Gasteiger partial charge >= 0.3 is 5.97 Å². The molecular formula is C22H19NO4S. The van der Waals surface area contributed by atoms with Gasteiger partial charge in [0.05, 0.1) is 17.0 Å². The van der Waals surface area contributed by atoms with Gasteiger partial charge in [-0.3, -0.25) is 9.52 Å². The summed E-state index contributed by atoms with van der Waals surface area (Å²) in [6, 6.07) is 17.9. The summed E-state index contributed by atoms with van der Waals surface area (Å²) in [5, 5.41) is 11.0. The van der Waals surface area contributed by atoms with Gasteiger partial charge < -0.3 is 5.11 Å². The molecule has 28 heavy (non-hydrogen) atoms. The first-order valence-electron chi connectivity index (χ1n) is 8.89. The molecule has 0 amide bonds. The SMILES string of the molecule is CC1=C(CC(=O)O)c2cccc(NS(=O)(=O)c3ccc4ccccc4c3)c2C1. The van der Waals surface area contributed by atoms with Crippen LogP contribution in [0.2, 0.25) is 0 Å². The summed E-state index contributed by atoms with van der Waals surface area (Å²) in [6.45, 7) is 1.89. The summed E-state index contributed by atoms with van der Waals surface area (Å²) in [6.07, 6.45) is 0.466. The van der Waals surface area contributed by atoms with Crippen LogP contribution in [0, 0.1) is 0 Å². The predicted molar refractivity (Wildman–Crippen MR) is 110 cm³/mol. The molecule has 0 fully saturated rings. The summed E-state index contributed by atoms with van der Waals surface area (Å²) < 4.78 is 28.6. The number of sulfonamides is 1. The number of fused-ring (bicyclic) bond motifs is 2. The Labute approximate surface area is 163 Å². The molecule has 0 radical (unpaired) electrons. The number of carboxylic acids is 1. The number of aliphatic carboxylic acids is 1. The predicted octanol–water partition coefficient (Wildman–Crippen LogP) is 4.44. The van der Waals surface area contributed by atoms with Crippen molar-refractivity contribution in [3.63, 3.8) is 0 Å². The smallest absolute Gasteiger partial charge is 0.307 e. The van der Waals surface area contributed by atoms with E-state index in [0.29, 0.717) is 12.1 Å². The van der Waals surface area contributed by atoms with Crippen molar-refractivity contribution in [2.45, 2.75) is 24.7 Å². The first-order valence-corrected chi connectivity index (χ1v) is 10.4. The maximum atomic E-state index is 13.0. The molecule has 0 aliphatic heterocycles. The zero-order valence-electron chi connectivity index (χ0n) is 15.3. The van der Waals surface area contributed by atoms with Crippen molar-refractivity contribution in [2.75, 3.05) is 4.72 Å². The van der Waals surface area contributed by atoms with Gasteiger partial charge in [-0.1, -0.05) is 48.0 Å². The first kappa shape index (κ1) is 18.3. The summed E-state index contributed by atoms with van der Waals surface area (Å²) in [4.78, 5) is 11.4. The highest BCUT2D eigenvalue weighted by atomic mass is 32.2. The lowest BCUT2D eigenvalue weighted by molar-refractivity contribution is -0.135. The maximum absolute atomic E-state index is 13.0. The van der Waals surface area contributed by atoms with Gasteiger partial charge in [0.25, 0.3) is 10.0 Å². The van der Waals surface area contributed by atoms with E-state index in [4.69, 9.17) is 5.11 Å². The number of benzene rings is 3. The van der Waals surface area contributed by atoms with Crippen molar-refractivity contribution in [3.8, 4) is 0 Å². The fourth-order valence-corrected chi connectivity index (χ4v) is 4.82. The number of nitrogens with one attached hydrogen (secondary N) is 1. The number of allylic oxidation sites excluding steroid dienone is 1. The Morgan fingerprint density at radius 3 is 2.54 bits per heavy atom. The minimum atomic E-state index is -3.77. The second kappa shape index (κ2) is 6.80. The molecule has 0 saturated carbocycles. The number of hydrogen-bond acceptors (Lipinski definition) is 3. The molecular weight excluding hydrogens is 374 g/mol. The highest BCUT2D eigenvalue weighted by molar-refractivity contribution is 7.92. The molecule has 0 heterocycles. The van der Waals surface area contributed by atoms with Gasteiger partial charge in [-0.25, -0.2) is 8.42 Å². The maximum Gasteiger partial charge on any atom is 0.307 e. The highest BCUT2D eigenvalue weighted by Gasteiger charge is 2.25. The molecule has 0 saturated heterocycles. The average Bonchev–Trinajstić information content (AvgIpc) is 2.97. The summed E-state index contributed by atoms with van der Waals surface area (Å²) in [7, 11) is -3.77. The van der Waals surface area contributed by atoms with Crippen molar-refractivity contribution in [2.24, 2.45) is 0 Å². The third-order valence-corrected chi connectivity index (χ3v) is 6.42. The first-order chi connectivity index (χ1) is 13.3. The van der Waals surface area contributed by atoms with Crippen LogP contribution in [-0.2, 0) is 21.2 Å². The normalized spacial score (nSPS) is 13.6. The Balaban J connectivity index is 1.70. The quantitative estimate of drug-likeness (QED) is 0.671. The average molecular weight is 393 g/mol. The van der Waals surface area contributed by atoms with Crippen LogP contribution < -0.4 is 4.72 Å². The Hall–Kier alpha value is -3.12. The number of carboxylic acid groups (broad SMARTS) is 1. The third-order valence-electron chi connectivity index (χ3n) is 5.06. The second-order valence-electron chi connectivity index (χ2n) is 6.95. The van der Waals surface area contributed by atoms with E-state index in [0.717, 1.165) is 33.0 Å². The van der Waals surface area contributed by atoms with Gasteiger partial charge in [0.2, 0.25) is 0 Å². The Morgan fingerprint density at radius 1 is 1.04 bits per heavy atom. The standard InChI is InChI=1S/C22H19NO4S/c1-14-11-20-18(19(14)13-22(24)25)7-4-8-21(20)23-28(26,27)17-10-9-15-5-2-3-6-16(15)12-17/h2-10,12,23H,11,13H2,1H3,(H,24,25). The molecule has 1 aliphatic carbocycles. The van der Waals surface area contributed by atoms with Crippen LogP contribution in [-0.4, -0.2) is 19.5 Å². The van der Waals surface area contributed by atoms with E-state index >= 15 is 0 Å². The molecule has 5 nitrogen and oxygen atoms in total. The van der Waals surface area contributed by atoms with Crippen LogP contribution in [0.25, 0.3) is 16.3 Å². The molecule has 1 aliphatic rings. The van der Waals surface area contributed by atoms with E-state index in [-0.39, 0.29) is 11.3 Å². The fourth-order valence-electron chi connectivity index (χ4n) is 3.69. The topological polar surface area (TPSA) is 83.5 Å². The second-order valence-corrected chi connectivity index (χ2v) is 8.63. The molecule has 0 unspecified atom stereocenters. The number of rotatable bonds is 5. The molecule has 0 bridgehead atoms. The molecule has 2 N–H and O–H groups in total. The van der Waals surface area contributed by atoms with Crippen molar-refractivity contribution in [1.82, 2.24) is 0 Å². The molecule has 0 spiro atoms. The highest BCUT2D eigenvalue weighted by Crippen LogP contribution is 2.39. The lowest BCUT2D eigenvalue weighted by Gasteiger charge is -2.13. The fraction of sp³-hybridized carbons (Fsp3) is 0.136. The minimum absolute atomic E-state index is 0.0697. The van der Waals surface area contributed by atoms with E-state index in [9.17, 15) is 13.2 Å². The van der Waals surface area contributed by atoms with Gasteiger partial charge in [0.15, 0.2) is 0 Å². The van der Waals surface area contributed by atoms with Gasteiger partial charge in [-0.2, -0.15) is 0 Å². The number of carbonyl (C=O) groups is 1. The van der Waals surface area contributed by atoms with Crippen molar-refractivity contribution in [1.29, 1.82) is 0 Å². The van der Waals surface area contributed by atoms with E-state index in [2.05, 4.69) is 4.72 Å². The largest absolute Gasteiger partial charge is 0.481 e. The molecule has 4 rings (SSSR count). The van der Waals surface area contributed by atoms with Crippen LogP contribution in [0.3, 0.4) is 0 Å². The molecule has 0 aromatic heterocycles. The lowest BCUT2D eigenvalue weighted by atomic mass is 10.0. The minimum Gasteiger partial charge on any atom is -0.481 e. The Morgan fingerprint density at radius 2 is 1.79 bits per heavy atom. The van der Waals surface area contributed by atoms with Crippen LogP contribution >= 0.6 is 0 Å². The van der Waals surface area contributed by atoms with Gasteiger partial charge in [0, 0.05) is 0 Å². The van der Waals surface area contributed by atoms with Crippen molar-refractivity contribution < 1.29 is 18.3 Å². The zero-order chi connectivity index (χ0) is 19.9. The van der Waals surface area contributed by atoms with E-state index in [1.807, 2.05) is 37.3 Å². The van der Waals surface area contributed by atoms with E-state index in [1.54, 1.807) is 30.3 Å². The Kier molecular flexibility index (Phi) is 4.43. The van der Waals surface area contributed by atoms with Crippen LogP contribution in [0.1, 0.15) is 24.5 Å². The van der Waals surface area contributed by atoms with E-state index < -0.39 is 16.0 Å². The van der Waals surface area contributed by atoms with Gasteiger partial charge in [-0.15, -0.1) is 0 Å². The van der Waals surface area contributed by atoms with Crippen molar-refractivity contribution in [3.05, 3.63) is 77.4 Å². The summed E-state index contributed by atoms with van der Waals surface area (Å²) in [5.74, 6) is -0.899. The third kappa shape index (κ3) is 3.27. The molecule has 0 atom stereocenters. The van der Waals surface area contributed by atoms with Crippen LogP contribution in [0.5, 0.6) is 0 Å². The number of anilines is 1. The van der Waals surface area contributed by atoms with E-state index in [1.165, 1.54) is 0 Å². The zero-order valence-corrected chi connectivity index (χ0v) is 16.1. The molecule has 6 heteroatoms. The van der Waals surface area contributed by atoms with Gasteiger partial charge in [0.1, 0.15) is 0 Å². The Bertz CT molecular complexity index is 1240. The molecule has 3 aromatic rings. The summed E-state index contributed by atoms with van der Waals surface area (Å²) >= 11 is 0. The number of hydrogen-bond donors (Lipinski definition) is 2. The van der Waals surface area contributed by atoms with Crippen LogP contribution in [0.4, 0.5) is 5.69 Å². The monoisotopic (exact) mass is 393 g/mol. The van der Waals surface area contributed by atoms with Crippen molar-refractivity contribution >= 4 is 38.0 Å². The molecule has 3 aromatic carbocycles. The summed E-state index contributed by atoms with van der Waals surface area (Å²) in [5.41, 5.74) is 3.83. The van der Waals surface area contributed by atoms with Crippen LogP contribution in [0.15, 0.2) is 71.1 Å². The lowest BCUT2D eigenvalue weighted by Crippen LogP contribution is -2.14.